The third-order valence-corrected chi connectivity index (χ3v) is 3.88. The van der Waals surface area contributed by atoms with Gasteiger partial charge in [0.15, 0.2) is 0 Å². The highest BCUT2D eigenvalue weighted by Gasteiger charge is 2.16. The van der Waals surface area contributed by atoms with Crippen LogP contribution in [-0.4, -0.2) is 70.2 Å². The summed E-state index contributed by atoms with van der Waals surface area (Å²) < 4.78 is 5.29. The van der Waals surface area contributed by atoms with Crippen LogP contribution in [-0.2, 0) is 14.3 Å². The molecule has 0 bridgehead atoms. The number of anilines is 2. The molecule has 0 aliphatic carbocycles. The van der Waals surface area contributed by atoms with Crippen LogP contribution in [0.5, 0.6) is 0 Å². The van der Waals surface area contributed by atoms with Crippen LogP contribution in [0.1, 0.15) is 6.42 Å². The summed E-state index contributed by atoms with van der Waals surface area (Å²) in [7, 11) is 3.77. The Morgan fingerprint density at radius 2 is 1.88 bits per heavy atom. The van der Waals surface area contributed by atoms with Crippen LogP contribution in [0.3, 0.4) is 0 Å². The molecule has 2 rings (SSSR count). The van der Waals surface area contributed by atoms with Gasteiger partial charge in [0.2, 0.25) is 0 Å². The van der Waals surface area contributed by atoms with Crippen molar-refractivity contribution in [3.05, 3.63) is 24.3 Å². The van der Waals surface area contributed by atoms with Crippen molar-refractivity contribution >= 4 is 23.2 Å². The molecular formula is C17H26N4O3. The van der Waals surface area contributed by atoms with E-state index in [1.165, 1.54) is 0 Å². The number of nitrogens with zero attached hydrogens (tertiary/aromatic N) is 2. The van der Waals surface area contributed by atoms with Gasteiger partial charge in [-0.1, -0.05) is 12.1 Å². The Bertz CT molecular complexity index is 557. The van der Waals surface area contributed by atoms with E-state index < -0.39 is 11.8 Å². The molecule has 7 heteroatoms. The third-order valence-electron chi connectivity index (χ3n) is 3.88. The summed E-state index contributed by atoms with van der Waals surface area (Å²) in [5.74, 6) is -1.25. The van der Waals surface area contributed by atoms with E-state index >= 15 is 0 Å². The van der Waals surface area contributed by atoms with Crippen molar-refractivity contribution in [2.24, 2.45) is 0 Å². The number of morpholine rings is 1. The molecule has 0 unspecified atom stereocenters. The molecule has 1 aromatic rings. The number of carbonyl (C=O) groups is 2. The van der Waals surface area contributed by atoms with Crippen LogP contribution in [0, 0.1) is 0 Å². The van der Waals surface area contributed by atoms with E-state index in [0.29, 0.717) is 12.2 Å². The molecule has 1 aliphatic rings. The zero-order valence-electron chi connectivity index (χ0n) is 14.4. The van der Waals surface area contributed by atoms with Crippen molar-refractivity contribution < 1.29 is 14.3 Å². The SMILES string of the molecule is CN(C)c1ccccc1NC(=O)C(=O)NCCCN1CCOCC1. The van der Waals surface area contributed by atoms with E-state index in [9.17, 15) is 9.59 Å². The van der Waals surface area contributed by atoms with Gasteiger partial charge in [0.1, 0.15) is 0 Å². The first kappa shape index (κ1) is 18.2. The van der Waals surface area contributed by atoms with Crippen molar-refractivity contribution in [1.29, 1.82) is 0 Å². The third kappa shape index (κ3) is 5.50. The largest absolute Gasteiger partial charge is 0.379 e. The Kier molecular flexibility index (Phi) is 7.02. The van der Waals surface area contributed by atoms with Crippen LogP contribution >= 0.6 is 0 Å². The van der Waals surface area contributed by atoms with Crippen LogP contribution in [0.4, 0.5) is 11.4 Å². The average Bonchev–Trinajstić information content (AvgIpc) is 2.59. The van der Waals surface area contributed by atoms with Crippen molar-refractivity contribution in [3.8, 4) is 0 Å². The molecular weight excluding hydrogens is 308 g/mol. The minimum atomic E-state index is -0.643. The summed E-state index contributed by atoms with van der Waals surface area (Å²) in [6, 6.07) is 7.37. The normalized spacial score (nSPS) is 14.9. The molecule has 1 heterocycles. The van der Waals surface area contributed by atoms with Gasteiger partial charge in [-0.2, -0.15) is 0 Å². The van der Waals surface area contributed by atoms with E-state index in [-0.39, 0.29) is 0 Å². The zero-order chi connectivity index (χ0) is 17.4. The van der Waals surface area contributed by atoms with Gasteiger partial charge in [-0.05, 0) is 25.1 Å². The molecule has 0 spiro atoms. The Labute approximate surface area is 142 Å². The number of nitrogens with one attached hydrogen (secondary N) is 2. The van der Waals surface area contributed by atoms with Crippen LogP contribution < -0.4 is 15.5 Å². The van der Waals surface area contributed by atoms with E-state index in [2.05, 4.69) is 15.5 Å². The molecule has 1 fully saturated rings. The Hall–Kier alpha value is -2.12. The van der Waals surface area contributed by atoms with E-state index in [1.54, 1.807) is 6.07 Å². The maximum Gasteiger partial charge on any atom is 0.313 e. The van der Waals surface area contributed by atoms with Crippen molar-refractivity contribution in [2.75, 3.05) is 63.7 Å². The number of benzene rings is 1. The van der Waals surface area contributed by atoms with Crippen LogP contribution in [0.15, 0.2) is 24.3 Å². The Balaban J connectivity index is 1.73. The molecule has 2 amide bonds. The number of carbonyl (C=O) groups excluding carboxylic acids is 2. The molecule has 0 atom stereocenters. The number of hydrogen-bond donors (Lipinski definition) is 2. The fourth-order valence-corrected chi connectivity index (χ4v) is 2.56. The molecule has 0 radical (unpaired) electrons. The molecule has 132 valence electrons. The maximum atomic E-state index is 12.0. The minimum absolute atomic E-state index is 0.485. The van der Waals surface area contributed by atoms with Gasteiger partial charge >= 0.3 is 11.8 Å². The first-order valence-electron chi connectivity index (χ1n) is 8.23. The predicted molar refractivity (Wildman–Crippen MR) is 94.3 cm³/mol. The fourth-order valence-electron chi connectivity index (χ4n) is 2.56. The Morgan fingerprint density at radius 3 is 2.58 bits per heavy atom. The molecule has 24 heavy (non-hydrogen) atoms. The number of para-hydroxylation sites is 2. The second-order valence-electron chi connectivity index (χ2n) is 5.93. The second kappa shape index (κ2) is 9.24. The summed E-state index contributed by atoms with van der Waals surface area (Å²) >= 11 is 0. The van der Waals surface area contributed by atoms with Gasteiger partial charge in [0, 0.05) is 33.7 Å². The molecule has 2 N–H and O–H groups in total. The van der Waals surface area contributed by atoms with Gasteiger partial charge < -0.3 is 20.3 Å². The molecule has 7 nitrogen and oxygen atoms in total. The number of ether oxygens (including phenoxy) is 1. The molecule has 0 aromatic heterocycles. The van der Waals surface area contributed by atoms with Gasteiger partial charge in [0.25, 0.3) is 0 Å². The summed E-state index contributed by atoms with van der Waals surface area (Å²) in [5.41, 5.74) is 1.47. The monoisotopic (exact) mass is 334 g/mol. The van der Waals surface area contributed by atoms with Gasteiger partial charge in [-0.3, -0.25) is 14.5 Å². The number of amides is 2. The zero-order valence-corrected chi connectivity index (χ0v) is 14.4. The van der Waals surface area contributed by atoms with Crippen molar-refractivity contribution in [1.82, 2.24) is 10.2 Å². The number of hydrogen-bond acceptors (Lipinski definition) is 5. The highest BCUT2D eigenvalue weighted by Crippen LogP contribution is 2.23. The molecule has 1 aliphatic heterocycles. The van der Waals surface area contributed by atoms with Gasteiger partial charge in [-0.25, -0.2) is 0 Å². The van der Waals surface area contributed by atoms with Gasteiger partial charge in [0.05, 0.1) is 24.6 Å². The van der Waals surface area contributed by atoms with E-state index in [4.69, 9.17) is 4.74 Å². The van der Waals surface area contributed by atoms with E-state index in [0.717, 1.165) is 45.0 Å². The quantitative estimate of drug-likeness (QED) is 0.586. The molecule has 1 saturated heterocycles. The smallest absolute Gasteiger partial charge is 0.313 e. The number of rotatable bonds is 6. The molecule has 0 saturated carbocycles. The van der Waals surface area contributed by atoms with Crippen LogP contribution in [0.2, 0.25) is 0 Å². The van der Waals surface area contributed by atoms with Crippen molar-refractivity contribution in [3.63, 3.8) is 0 Å². The highest BCUT2D eigenvalue weighted by atomic mass is 16.5. The second-order valence-corrected chi connectivity index (χ2v) is 5.93. The van der Waals surface area contributed by atoms with Gasteiger partial charge in [-0.15, -0.1) is 0 Å². The lowest BCUT2D eigenvalue weighted by atomic mass is 10.2. The van der Waals surface area contributed by atoms with Crippen molar-refractivity contribution in [2.45, 2.75) is 6.42 Å². The van der Waals surface area contributed by atoms with Crippen LogP contribution in [0.25, 0.3) is 0 Å². The summed E-state index contributed by atoms with van der Waals surface area (Å²) in [5, 5.41) is 5.33. The standard InChI is InChI=1S/C17H26N4O3/c1-20(2)15-7-4-3-6-14(15)19-17(23)16(22)18-8-5-9-21-10-12-24-13-11-21/h3-4,6-7H,5,8-13H2,1-2H3,(H,18,22)(H,19,23). The Morgan fingerprint density at radius 1 is 1.17 bits per heavy atom. The predicted octanol–water partition coefficient (Wildman–Crippen LogP) is 0.530. The first-order valence-corrected chi connectivity index (χ1v) is 8.23. The summed E-state index contributed by atoms with van der Waals surface area (Å²) in [4.78, 5) is 28.1. The lowest BCUT2D eigenvalue weighted by Crippen LogP contribution is -2.40. The lowest BCUT2D eigenvalue weighted by molar-refractivity contribution is -0.136. The lowest BCUT2D eigenvalue weighted by Gasteiger charge is -2.26. The average molecular weight is 334 g/mol. The first-order chi connectivity index (χ1) is 11.6. The fraction of sp³-hybridized carbons (Fsp3) is 0.529. The highest BCUT2D eigenvalue weighted by molar-refractivity contribution is 6.39. The minimum Gasteiger partial charge on any atom is -0.379 e. The topological polar surface area (TPSA) is 73.9 Å². The molecule has 1 aromatic carbocycles. The maximum absolute atomic E-state index is 12.0. The summed E-state index contributed by atoms with van der Waals surface area (Å²) in [6.45, 7) is 4.76. The van der Waals surface area contributed by atoms with E-state index in [1.807, 2.05) is 37.2 Å². The summed E-state index contributed by atoms with van der Waals surface area (Å²) in [6.07, 6.45) is 0.813.